The highest BCUT2D eigenvalue weighted by Gasteiger charge is 2.09. The van der Waals surface area contributed by atoms with Gasteiger partial charge in [-0.1, -0.05) is 6.07 Å². The van der Waals surface area contributed by atoms with Gasteiger partial charge in [0, 0.05) is 5.56 Å². The fourth-order valence-corrected chi connectivity index (χ4v) is 1.98. The Labute approximate surface area is 94.4 Å². The number of carbonyl (C=O) groups is 1. The summed E-state index contributed by atoms with van der Waals surface area (Å²) in [5.41, 5.74) is 0.347. The first-order chi connectivity index (χ1) is 7.66. The maximum absolute atomic E-state index is 11.3. The second kappa shape index (κ2) is 4.28. The van der Waals surface area contributed by atoms with Crippen LogP contribution in [-0.4, -0.2) is 21.3 Å². The molecule has 0 fully saturated rings. The molecule has 0 radical (unpaired) electrons. The summed E-state index contributed by atoms with van der Waals surface area (Å²) in [4.78, 5) is 22.7. The van der Waals surface area contributed by atoms with E-state index in [2.05, 4.69) is 10.2 Å². The van der Waals surface area contributed by atoms with Crippen molar-refractivity contribution in [2.24, 2.45) is 0 Å². The predicted octanol–water partition coefficient (Wildman–Crippen LogP) is 1.13. The number of carboxylic acids is 1. The molecule has 2 aromatic heterocycles. The van der Waals surface area contributed by atoms with Crippen LogP contribution >= 0.6 is 11.3 Å². The van der Waals surface area contributed by atoms with Gasteiger partial charge in [-0.15, -0.1) is 11.3 Å². The van der Waals surface area contributed by atoms with E-state index in [1.807, 2.05) is 17.5 Å². The number of nitrogens with zero attached hydrogens (tertiary/aromatic N) is 1. The molecule has 2 N–H and O–H groups in total. The molecule has 2 heterocycles. The quantitative estimate of drug-likeness (QED) is 0.836. The standard InChI is InChI=1S/C10H8N2O3S/c13-9(14)5-6-4-7(11-12-10(6)15)8-2-1-3-16-8/h1-4H,5H2,(H,12,15)(H,13,14). The largest absolute Gasteiger partial charge is 0.481 e. The number of rotatable bonds is 3. The topological polar surface area (TPSA) is 83.0 Å². The average Bonchev–Trinajstić information content (AvgIpc) is 2.73. The summed E-state index contributed by atoms with van der Waals surface area (Å²) in [7, 11) is 0. The molecule has 0 aliphatic heterocycles. The summed E-state index contributed by atoms with van der Waals surface area (Å²) in [5, 5.41) is 16.7. The zero-order valence-corrected chi connectivity index (χ0v) is 8.95. The van der Waals surface area contributed by atoms with Crippen LogP contribution in [0.5, 0.6) is 0 Å². The van der Waals surface area contributed by atoms with Gasteiger partial charge in [-0.25, -0.2) is 5.10 Å². The lowest BCUT2D eigenvalue weighted by molar-refractivity contribution is -0.136. The summed E-state index contributed by atoms with van der Waals surface area (Å²) in [6, 6.07) is 5.23. The zero-order chi connectivity index (χ0) is 11.5. The molecule has 0 aliphatic rings. The Bertz CT molecular complexity index is 560. The van der Waals surface area contributed by atoms with Gasteiger partial charge >= 0.3 is 5.97 Å². The highest BCUT2D eigenvalue weighted by Crippen LogP contribution is 2.21. The van der Waals surface area contributed by atoms with E-state index in [1.165, 1.54) is 17.4 Å². The van der Waals surface area contributed by atoms with Gasteiger partial charge < -0.3 is 5.11 Å². The van der Waals surface area contributed by atoms with E-state index in [4.69, 9.17) is 5.11 Å². The van der Waals surface area contributed by atoms with Gasteiger partial charge in [0.2, 0.25) is 0 Å². The van der Waals surface area contributed by atoms with Crippen molar-refractivity contribution in [1.82, 2.24) is 10.2 Å². The van der Waals surface area contributed by atoms with Crippen LogP contribution < -0.4 is 5.56 Å². The van der Waals surface area contributed by atoms with E-state index in [0.717, 1.165) is 4.88 Å². The molecule has 2 rings (SSSR count). The van der Waals surface area contributed by atoms with Gasteiger partial charge in [0.1, 0.15) is 5.69 Å². The predicted molar refractivity (Wildman–Crippen MR) is 59.5 cm³/mol. The van der Waals surface area contributed by atoms with E-state index < -0.39 is 11.5 Å². The van der Waals surface area contributed by atoms with Crippen LogP contribution in [0.4, 0.5) is 0 Å². The summed E-state index contributed by atoms with van der Waals surface area (Å²) in [6.07, 6.45) is -0.295. The van der Waals surface area contributed by atoms with Crippen molar-refractivity contribution in [3.63, 3.8) is 0 Å². The van der Waals surface area contributed by atoms with Crippen LogP contribution in [0, 0.1) is 0 Å². The van der Waals surface area contributed by atoms with Crippen LogP contribution in [0.15, 0.2) is 28.4 Å². The Balaban J connectivity index is 2.43. The minimum atomic E-state index is -1.03. The average molecular weight is 236 g/mol. The van der Waals surface area contributed by atoms with Crippen LogP contribution in [0.25, 0.3) is 10.6 Å². The number of aromatic nitrogens is 2. The molecule has 0 aliphatic carbocycles. The maximum atomic E-state index is 11.3. The van der Waals surface area contributed by atoms with Crippen molar-refractivity contribution < 1.29 is 9.90 Å². The number of H-pyrrole nitrogens is 1. The van der Waals surface area contributed by atoms with Crippen molar-refractivity contribution in [1.29, 1.82) is 0 Å². The zero-order valence-electron chi connectivity index (χ0n) is 8.14. The van der Waals surface area contributed by atoms with E-state index in [1.54, 1.807) is 0 Å². The number of aliphatic carboxylic acids is 1. The normalized spacial score (nSPS) is 10.2. The molecule has 0 atom stereocenters. The van der Waals surface area contributed by atoms with Gasteiger partial charge in [-0.3, -0.25) is 9.59 Å². The molecule has 0 saturated carbocycles. The van der Waals surface area contributed by atoms with Crippen LogP contribution in [-0.2, 0) is 11.2 Å². The van der Waals surface area contributed by atoms with Gasteiger partial charge in [0.15, 0.2) is 0 Å². The Morgan fingerprint density at radius 1 is 1.56 bits per heavy atom. The molecular weight excluding hydrogens is 228 g/mol. The first-order valence-corrected chi connectivity index (χ1v) is 5.39. The van der Waals surface area contributed by atoms with Gasteiger partial charge in [-0.05, 0) is 17.5 Å². The molecule has 5 nitrogen and oxygen atoms in total. The molecule has 16 heavy (non-hydrogen) atoms. The third kappa shape index (κ3) is 2.17. The van der Waals surface area contributed by atoms with Gasteiger partial charge in [0.05, 0.1) is 11.3 Å². The highest BCUT2D eigenvalue weighted by molar-refractivity contribution is 7.13. The SMILES string of the molecule is O=C(O)Cc1cc(-c2cccs2)n[nH]c1=O. The molecular formula is C10H8N2O3S. The summed E-state index contributed by atoms with van der Waals surface area (Å²) >= 11 is 1.48. The Kier molecular flexibility index (Phi) is 2.82. The fraction of sp³-hybridized carbons (Fsp3) is 0.100. The molecule has 0 spiro atoms. The van der Waals surface area contributed by atoms with E-state index in [-0.39, 0.29) is 12.0 Å². The number of aromatic amines is 1. The molecule has 0 unspecified atom stereocenters. The highest BCUT2D eigenvalue weighted by atomic mass is 32.1. The molecule has 82 valence electrons. The number of hydrogen-bond donors (Lipinski definition) is 2. The monoisotopic (exact) mass is 236 g/mol. The van der Waals surface area contributed by atoms with E-state index in [9.17, 15) is 9.59 Å². The lowest BCUT2D eigenvalue weighted by atomic mass is 10.2. The Morgan fingerprint density at radius 3 is 3.00 bits per heavy atom. The molecule has 0 saturated heterocycles. The summed E-state index contributed by atoms with van der Waals surface area (Å²) < 4.78 is 0. The first kappa shape index (κ1) is 10.6. The van der Waals surface area contributed by atoms with Gasteiger partial charge in [0.25, 0.3) is 5.56 Å². The van der Waals surface area contributed by atoms with E-state index >= 15 is 0 Å². The number of thiophene rings is 1. The molecule has 0 bridgehead atoms. The lowest BCUT2D eigenvalue weighted by Crippen LogP contribution is -2.17. The smallest absolute Gasteiger partial charge is 0.308 e. The Hall–Kier alpha value is -1.95. The second-order valence-electron chi connectivity index (χ2n) is 3.16. The third-order valence-electron chi connectivity index (χ3n) is 2.00. The maximum Gasteiger partial charge on any atom is 0.308 e. The van der Waals surface area contributed by atoms with Crippen molar-refractivity contribution in [3.8, 4) is 10.6 Å². The van der Waals surface area contributed by atoms with Crippen LogP contribution in [0.3, 0.4) is 0 Å². The van der Waals surface area contributed by atoms with E-state index in [0.29, 0.717) is 5.69 Å². The van der Waals surface area contributed by atoms with Crippen molar-refractivity contribution in [3.05, 3.63) is 39.5 Å². The summed E-state index contributed by atoms with van der Waals surface area (Å²) in [5.74, 6) is -1.03. The molecule has 0 amide bonds. The fourth-order valence-electron chi connectivity index (χ4n) is 1.29. The second-order valence-corrected chi connectivity index (χ2v) is 4.10. The minimum Gasteiger partial charge on any atom is -0.481 e. The van der Waals surface area contributed by atoms with Crippen molar-refractivity contribution in [2.45, 2.75) is 6.42 Å². The molecule has 6 heteroatoms. The van der Waals surface area contributed by atoms with Crippen LogP contribution in [0.1, 0.15) is 5.56 Å². The van der Waals surface area contributed by atoms with Crippen LogP contribution in [0.2, 0.25) is 0 Å². The number of nitrogens with one attached hydrogen (secondary N) is 1. The third-order valence-corrected chi connectivity index (χ3v) is 2.89. The number of carboxylic acid groups (broad SMARTS) is 1. The minimum absolute atomic E-state index is 0.214. The van der Waals surface area contributed by atoms with Crippen molar-refractivity contribution in [2.75, 3.05) is 0 Å². The Morgan fingerprint density at radius 2 is 2.38 bits per heavy atom. The first-order valence-electron chi connectivity index (χ1n) is 4.51. The molecule has 0 aromatic carbocycles. The van der Waals surface area contributed by atoms with Crippen molar-refractivity contribution >= 4 is 17.3 Å². The molecule has 2 aromatic rings. The lowest BCUT2D eigenvalue weighted by Gasteiger charge is -1.99. The van der Waals surface area contributed by atoms with Gasteiger partial charge in [-0.2, -0.15) is 5.10 Å². The number of hydrogen-bond acceptors (Lipinski definition) is 4. The summed E-state index contributed by atoms with van der Waals surface area (Å²) in [6.45, 7) is 0.